The molecule has 1 aromatic carbocycles. The quantitative estimate of drug-likeness (QED) is 0.618. The van der Waals surface area contributed by atoms with Crippen molar-refractivity contribution in [3.05, 3.63) is 29.8 Å². The third-order valence-electron chi connectivity index (χ3n) is 4.97. The molecule has 6 nitrogen and oxygen atoms in total. The highest BCUT2D eigenvalue weighted by Crippen LogP contribution is 2.28. The first-order valence-corrected chi connectivity index (χ1v) is 10.5. The summed E-state index contributed by atoms with van der Waals surface area (Å²) in [7, 11) is -1.64. The van der Waals surface area contributed by atoms with Crippen LogP contribution in [0.3, 0.4) is 0 Å². The third kappa shape index (κ3) is 4.52. The topological polar surface area (TPSA) is 73.8 Å². The highest BCUT2D eigenvalue weighted by molar-refractivity contribution is 7.89. The summed E-state index contributed by atoms with van der Waals surface area (Å²) >= 11 is 0. The Bertz CT molecular complexity index is 726. The molecule has 1 aliphatic carbocycles. The van der Waals surface area contributed by atoms with Gasteiger partial charge in [-0.25, -0.2) is 8.42 Å². The van der Waals surface area contributed by atoms with Gasteiger partial charge in [-0.05, 0) is 42.9 Å². The van der Waals surface area contributed by atoms with Gasteiger partial charge in [0.1, 0.15) is 0 Å². The first-order valence-electron chi connectivity index (χ1n) is 9.07. The number of piperidine rings is 1. The number of hydrogen-bond donors (Lipinski definition) is 2. The monoisotopic (exact) mass is 364 g/mol. The molecule has 0 spiro atoms. The summed E-state index contributed by atoms with van der Waals surface area (Å²) < 4.78 is 27.2. The maximum atomic E-state index is 12.8. The van der Waals surface area contributed by atoms with E-state index in [1.807, 2.05) is 12.1 Å². The lowest BCUT2D eigenvalue weighted by atomic mass is 10.2. The number of benzene rings is 1. The molecule has 7 heteroatoms. The molecule has 1 aromatic rings. The van der Waals surface area contributed by atoms with Crippen molar-refractivity contribution in [2.24, 2.45) is 10.9 Å². The predicted octanol–water partition coefficient (Wildman–Crippen LogP) is 1.93. The molecule has 0 radical (unpaired) electrons. The lowest BCUT2D eigenvalue weighted by Gasteiger charge is -2.26. The molecule has 25 heavy (non-hydrogen) atoms. The number of aliphatic imine (C=N–C) groups is 1. The molecule has 2 aliphatic rings. The Kier molecular flexibility index (Phi) is 5.64. The van der Waals surface area contributed by atoms with E-state index >= 15 is 0 Å². The van der Waals surface area contributed by atoms with E-state index in [-0.39, 0.29) is 0 Å². The van der Waals surface area contributed by atoms with Crippen LogP contribution in [-0.4, -0.2) is 44.9 Å². The molecule has 1 aliphatic heterocycles. The minimum atomic E-state index is -3.39. The molecule has 2 N–H and O–H groups in total. The van der Waals surface area contributed by atoms with Crippen LogP contribution in [0, 0.1) is 5.92 Å². The summed E-state index contributed by atoms with van der Waals surface area (Å²) in [5.41, 5.74) is 0.935. The van der Waals surface area contributed by atoms with E-state index in [0.717, 1.165) is 30.8 Å². The minimum Gasteiger partial charge on any atom is -0.353 e. The molecule has 2 fully saturated rings. The second-order valence-corrected chi connectivity index (χ2v) is 8.94. The number of guanidine groups is 1. The number of sulfonamides is 1. The molecule has 138 valence electrons. The lowest BCUT2D eigenvalue weighted by molar-refractivity contribution is 0.346. The summed E-state index contributed by atoms with van der Waals surface area (Å²) in [4.78, 5) is 4.61. The normalized spacial score (nSPS) is 24.8. The summed E-state index contributed by atoms with van der Waals surface area (Å²) in [6.07, 6.45) is 4.18. The van der Waals surface area contributed by atoms with E-state index in [4.69, 9.17) is 0 Å². The predicted molar refractivity (Wildman–Crippen MR) is 100.0 cm³/mol. The first-order chi connectivity index (χ1) is 12.0. The summed E-state index contributed by atoms with van der Waals surface area (Å²) in [6.45, 7) is 4.01. The Morgan fingerprint density at radius 1 is 1.28 bits per heavy atom. The van der Waals surface area contributed by atoms with Gasteiger partial charge in [-0.1, -0.05) is 25.5 Å². The van der Waals surface area contributed by atoms with Gasteiger partial charge in [0, 0.05) is 32.7 Å². The molecular formula is C18H28N4O2S. The zero-order chi connectivity index (χ0) is 17.9. The molecule has 0 bridgehead atoms. The Morgan fingerprint density at radius 2 is 2.00 bits per heavy atom. The van der Waals surface area contributed by atoms with Crippen molar-refractivity contribution in [3.63, 3.8) is 0 Å². The van der Waals surface area contributed by atoms with Crippen molar-refractivity contribution in [2.45, 2.75) is 50.1 Å². The molecule has 0 amide bonds. The van der Waals surface area contributed by atoms with E-state index in [2.05, 4.69) is 22.5 Å². The summed E-state index contributed by atoms with van der Waals surface area (Å²) in [6, 6.07) is 7.70. The van der Waals surface area contributed by atoms with Crippen LogP contribution in [0.25, 0.3) is 0 Å². The van der Waals surface area contributed by atoms with Crippen LogP contribution in [0.2, 0.25) is 0 Å². The highest BCUT2D eigenvalue weighted by atomic mass is 32.2. The van der Waals surface area contributed by atoms with Crippen molar-refractivity contribution < 1.29 is 8.42 Å². The molecule has 1 saturated heterocycles. The molecule has 1 saturated carbocycles. The summed E-state index contributed by atoms with van der Waals surface area (Å²) in [5, 5.41) is 6.64. The average Bonchev–Trinajstić information content (AvgIpc) is 3.34. The number of hydrogen-bond acceptors (Lipinski definition) is 3. The first kappa shape index (κ1) is 18.2. The lowest BCUT2D eigenvalue weighted by Crippen LogP contribution is -2.38. The van der Waals surface area contributed by atoms with Crippen LogP contribution in [-0.2, 0) is 16.6 Å². The van der Waals surface area contributed by atoms with Gasteiger partial charge in [-0.15, -0.1) is 0 Å². The number of nitrogens with one attached hydrogen (secondary N) is 2. The SMILES string of the molecule is CN=C(NCc1cccc(S(=O)(=O)N2CCCCC2)c1)NC1CC1C. The zero-order valence-corrected chi connectivity index (χ0v) is 15.8. The van der Waals surface area contributed by atoms with Gasteiger partial charge in [-0.2, -0.15) is 4.31 Å². The molecular weight excluding hydrogens is 336 g/mol. The minimum absolute atomic E-state index is 0.382. The molecule has 2 atom stereocenters. The molecule has 0 aromatic heterocycles. The van der Waals surface area contributed by atoms with Crippen LogP contribution in [0.5, 0.6) is 0 Å². The Morgan fingerprint density at radius 3 is 2.64 bits per heavy atom. The van der Waals surface area contributed by atoms with Crippen molar-refractivity contribution in [2.75, 3.05) is 20.1 Å². The maximum Gasteiger partial charge on any atom is 0.243 e. The number of nitrogens with zero attached hydrogens (tertiary/aromatic N) is 2. The standard InChI is InChI=1S/C18H28N4O2S/c1-14-11-17(14)21-18(19-2)20-13-15-7-6-8-16(12-15)25(23,24)22-9-4-3-5-10-22/h6-8,12,14,17H,3-5,9-11,13H2,1-2H3,(H2,19,20,21). The Balaban J connectivity index is 1.64. The fourth-order valence-electron chi connectivity index (χ4n) is 3.15. The average molecular weight is 365 g/mol. The van der Waals surface area contributed by atoms with Gasteiger partial charge in [0.15, 0.2) is 5.96 Å². The smallest absolute Gasteiger partial charge is 0.243 e. The van der Waals surface area contributed by atoms with E-state index in [0.29, 0.717) is 36.5 Å². The fourth-order valence-corrected chi connectivity index (χ4v) is 4.74. The van der Waals surface area contributed by atoms with E-state index in [1.165, 1.54) is 6.42 Å². The van der Waals surface area contributed by atoms with Gasteiger partial charge >= 0.3 is 0 Å². The van der Waals surface area contributed by atoms with E-state index < -0.39 is 10.0 Å². The van der Waals surface area contributed by atoms with Crippen LogP contribution in [0.15, 0.2) is 34.2 Å². The Labute approximate surface area is 150 Å². The summed E-state index contributed by atoms with van der Waals surface area (Å²) in [5.74, 6) is 1.45. The zero-order valence-electron chi connectivity index (χ0n) is 15.0. The van der Waals surface area contributed by atoms with E-state index in [9.17, 15) is 8.42 Å². The largest absolute Gasteiger partial charge is 0.353 e. The van der Waals surface area contributed by atoms with E-state index in [1.54, 1.807) is 23.5 Å². The molecule has 3 rings (SSSR count). The third-order valence-corrected chi connectivity index (χ3v) is 6.86. The second kappa shape index (κ2) is 7.74. The molecule has 1 heterocycles. The highest BCUT2D eigenvalue weighted by Gasteiger charge is 2.33. The van der Waals surface area contributed by atoms with Crippen molar-refractivity contribution in [3.8, 4) is 0 Å². The van der Waals surface area contributed by atoms with Gasteiger partial charge in [-0.3, -0.25) is 4.99 Å². The van der Waals surface area contributed by atoms with Gasteiger partial charge in [0.05, 0.1) is 4.90 Å². The van der Waals surface area contributed by atoms with Crippen LogP contribution in [0.4, 0.5) is 0 Å². The van der Waals surface area contributed by atoms with Gasteiger partial charge < -0.3 is 10.6 Å². The van der Waals surface area contributed by atoms with Crippen LogP contribution >= 0.6 is 0 Å². The van der Waals surface area contributed by atoms with Crippen LogP contribution in [0.1, 0.15) is 38.2 Å². The Hall–Kier alpha value is -1.60. The molecule has 2 unspecified atom stereocenters. The maximum absolute atomic E-state index is 12.8. The van der Waals surface area contributed by atoms with Crippen LogP contribution < -0.4 is 10.6 Å². The van der Waals surface area contributed by atoms with Crippen molar-refractivity contribution in [1.82, 2.24) is 14.9 Å². The van der Waals surface area contributed by atoms with Gasteiger partial charge in [0.2, 0.25) is 10.0 Å². The van der Waals surface area contributed by atoms with Crippen molar-refractivity contribution in [1.29, 1.82) is 0 Å². The fraction of sp³-hybridized carbons (Fsp3) is 0.611. The van der Waals surface area contributed by atoms with Crippen molar-refractivity contribution >= 4 is 16.0 Å². The number of rotatable bonds is 5. The van der Waals surface area contributed by atoms with Gasteiger partial charge in [0.25, 0.3) is 0 Å². The second-order valence-electron chi connectivity index (χ2n) is 7.00.